The number of sulfonamides is 1. The Labute approximate surface area is 131 Å². The van der Waals surface area contributed by atoms with Gasteiger partial charge in [-0.3, -0.25) is 4.98 Å². The van der Waals surface area contributed by atoms with Gasteiger partial charge in [-0.15, -0.1) is 0 Å². The van der Waals surface area contributed by atoms with Crippen LogP contribution in [0.5, 0.6) is 0 Å². The van der Waals surface area contributed by atoms with Crippen LogP contribution in [0.1, 0.15) is 25.3 Å². The highest BCUT2D eigenvalue weighted by Crippen LogP contribution is 2.20. The molecular formula is C16H22N2O3S. The lowest BCUT2D eigenvalue weighted by molar-refractivity contribution is 0.252. The molecular weight excluding hydrogens is 300 g/mol. The minimum absolute atomic E-state index is 0.0922. The molecule has 6 heteroatoms. The van der Waals surface area contributed by atoms with Gasteiger partial charge in [0.05, 0.1) is 17.9 Å². The third-order valence-electron chi connectivity index (χ3n) is 3.56. The fourth-order valence-electron chi connectivity index (χ4n) is 2.41. The molecule has 1 aromatic carbocycles. The van der Waals surface area contributed by atoms with E-state index in [-0.39, 0.29) is 18.9 Å². The van der Waals surface area contributed by atoms with E-state index in [9.17, 15) is 8.42 Å². The molecule has 0 fully saturated rings. The van der Waals surface area contributed by atoms with Gasteiger partial charge in [-0.2, -0.15) is 4.31 Å². The number of aromatic nitrogens is 1. The SMILES string of the molecule is CCCCN(CCO)S(=O)(=O)Cc1cccc2cccnc12. The Balaban J connectivity index is 2.29. The van der Waals surface area contributed by atoms with Crippen molar-refractivity contribution >= 4 is 20.9 Å². The van der Waals surface area contributed by atoms with Gasteiger partial charge >= 0.3 is 0 Å². The van der Waals surface area contributed by atoms with Crippen LogP contribution in [0.2, 0.25) is 0 Å². The average Bonchev–Trinajstić information content (AvgIpc) is 2.51. The van der Waals surface area contributed by atoms with Crippen LogP contribution < -0.4 is 0 Å². The summed E-state index contributed by atoms with van der Waals surface area (Å²) in [6.45, 7) is 2.42. The molecule has 0 bridgehead atoms. The van der Waals surface area contributed by atoms with Gasteiger partial charge in [0.15, 0.2) is 0 Å². The van der Waals surface area contributed by atoms with Gasteiger partial charge in [0, 0.05) is 24.7 Å². The molecule has 2 rings (SSSR count). The molecule has 0 aliphatic heterocycles. The zero-order valence-electron chi connectivity index (χ0n) is 12.8. The summed E-state index contributed by atoms with van der Waals surface area (Å²) in [5.41, 5.74) is 1.41. The minimum atomic E-state index is -3.47. The lowest BCUT2D eigenvalue weighted by Crippen LogP contribution is -2.35. The van der Waals surface area contributed by atoms with Crippen molar-refractivity contribution in [3.05, 3.63) is 42.1 Å². The molecule has 0 atom stereocenters. The van der Waals surface area contributed by atoms with Crippen molar-refractivity contribution in [1.29, 1.82) is 0 Å². The van der Waals surface area contributed by atoms with Gasteiger partial charge < -0.3 is 5.11 Å². The summed E-state index contributed by atoms with van der Waals surface area (Å²) in [5.74, 6) is -0.0922. The predicted octanol–water partition coefficient (Wildman–Crippen LogP) is 2.16. The van der Waals surface area contributed by atoms with Crippen LogP contribution in [0.4, 0.5) is 0 Å². The van der Waals surface area contributed by atoms with Crippen LogP contribution in [0.15, 0.2) is 36.5 Å². The Morgan fingerprint density at radius 3 is 2.68 bits per heavy atom. The molecule has 22 heavy (non-hydrogen) atoms. The number of hydrogen-bond donors (Lipinski definition) is 1. The number of hydrogen-bond acceptors (Lipinski definition) is 4. The average molecular weight is 322 g/mol. The van der Waals surface area contributed by atoms with Crippen molar-refractivity contribution in [2.45, 2.75) is 25.5 Å². The summed E-state index contributed by atoms with van der Waals surface area (Å²) in [6, 6.07) is 9.31. The van der Waals surface area contributed by atoms with Crippen LogP contribution >= 0.6 is 0 Å². The van der Waals surface area contributed by atoms with Crippen LogP contribution in [-0.4, -0.2) is 42.5 Å². The van der Waals surface area contributed by atoms with Gasteiger partial charge in [-0.25, -0.2) is 8.42 Å². The molecule has 0 aliphatic rings. The van der Waals surface area contributed by atoms with Gasteiger partial charge in [0.1, 0.15) is 0 Å². The van der Waals surface area contributed by atoms with Crippen molar-refractivity contribution in [3.8, 4) is 0 Å². The molecule has 120 valence electrons. The Morgan fingerprint density at radius 1 is 1.18 bits per heavy atom. The predicted molar refractivity (Wildman–Crippen MR) is 87.9 cm³/mol. The summed E-state index contributed by atoms with van der Waals surface area (Å²) >= 11 is 0. The zero-order valence-corrected chi connectivity index (χ0v) is 13.6. The third kappa shape index (κ3) is 4.03. The van der Waals surface area contributed by atoms with E-state index in [1.807, 2.05) is 31.2 Å². The van der Waals surface area contributed by atoms with Crippen LogP contribution in [0.3, 0.4) is 0 Å². The maximum Gasteiger partial charge on any atom is 0.218 e. The highest BCUT2D eigenvalue weighted by molar-refractivity contribution is 7.88. The van der Waals surface area contributed by atoms with E-state index in [1.165, 1.54) is 4.31 Å². The summed E-state index contributed by atoms with van der Waals surface area (Å²) < 4.78 is 26.6. The van der Waals surface area contributed by atoms with Gasteiger partial charge in [-0.05, 0) is 18.1 Å². The Kier molecular flexibility index (Phi) is 5.88. The number of aliphatic hydroxyl groups excluding tert-OH is 1. The molecule has 0 unspecified atom stereocenters. The zero-order chi connectivity index (χ0) is 16.0. The van der Waals surface area contributed by atoms with Crippen LogP contribution in [0, 0.1) is 0 Å². The molecule has 0 radical (unpaired) electrons. The Bertz CT molecular complexity index is 711. The van der Waals surface area contributed by atoms with Gasteiger partial charge in [0.25, 0.3) is 0 Å². The first-order valence-electron chi connectivity index (χ1n) is 7.50. The van der Waals surface area contributed by atoms with Crippen LogP contribution in [-0.2, 0) is 15.8 Å². The third-order valence-corrected chi connectivity index (χ3v) is 5.39. The largest absolute Gasteiger partial charge is 0.395 e. The smallest absolute Gasteiger partial charge is 0.218 e. The van der Waals surface area contributed by atoms with E-state index in [0.29, 0.717) is 17.6 Å². The second-order valence-corrected chi connectivity index (χ2v) is 7.19. The van der Waals surface area contributed by atoms with Gasteiger partial charge in [0.2, 0.25) is 10.0 Å². The molecule has 0 saturated heterocycles. The summed E-state index contributed by atoms with van der Waals surface area (Å²) in [4.78, 5) is 4.30. The lowest BCUT2D eigenvalue weighted by Gasteiger charge is -2.21. The number of pyridine rings is 1. The second kappa shape index (κ2) is 7.67. The van der Waals surface area contributed by atoms with Crippen molar-refractivity contribution in [3.63, 3.8) is 0 Å². The normalized spacial score (nSPS) is 12.1. The second-order valence-electron chi connectivity index (χ2n) is 5.22. The van der Waals surface area contributed by atoms with E-state index in [1.54, 1.807) is 12.3 Å². The van der Waals surface area contributed by atoms with Crippen LogP contribution in [0.25, 0.3) is 10.9 Å². The first kappa shape index (κ1) is 16.9. The topological polar surface area (TPSA) is 70.5 Å². The van der Waals surface area contributed by atoms with Crippen molar-refractivity contribution < 1.29 is 13.5 Å². The highest BCUT2D eigenvalue weighted by Gasteiger charge is 2.22. The minimum Gasteiger partial charge on any atom is -0.395 e. The van der Waals surface area contributed by atoms with Crippen molar-refractivity contribution in [1.82, 2.24) is 9.29 Å². The fraction of sp³-hybridized carbons (Fsp3) is 0.438. The Morgan fingerprint density at radius 2 is 1.95 bits per heavy atom. The summed E-state index contributed by atoms with van der Waals surface area (Å²) in [5, 5.41) is 10.0. The molecule has 0 spiro atoms. The maximum absolute atomic E-state index is 12.6. The molecule has 1 N–H and O–H groups in total. The van der Waals surface area contributed by atoms with Gasteiger partial charge in [-0.1, -0.05) is 37.6 Å². The highest BCUT2D eigenvalue weighted by atomic mass is 32.2. The van der Waals surface area contributed by atoms with E-state index < -0.39 is 10.0 Å². The fourth-order valence-corrected chi connectivity index (χ4v) is 3.98. The molecule has 0 saturated carbocycles. The van der Waals surface area contributed by atoms with Crippen molar-refractivity contribution in [2.75, 3.05) is 19.7 Å². The van der Waals surface area contributed by atoms with E-state index in [2.05, 4.69) is 4.98 Å². The molecule has 1 aromatic heterocycles. The number of rotatable bonds is 8. The molecule has 0 amide bonds. The number of aliphatic hydroxyl groups is 1. The molecule has 1 heterocycles. The number of nitrogens with zero attached hydrogens (tertiary/aromatic N) is 2. The number of unbranched alkanes of at least 4 members (excludes halogenated alkanes) is 1. The first-order valence-corrected chi connectivity index (χ1v) is 9.10. The quantitative estimate of drug-likeness (QED) is 0.808. The molecule has 5 nitrogen and oxygen atoms in total. The van der Waals surface area contributed by atoms with E-state index >= 15 is 0 Å². The molecule has 2 aromatic rings. The van der Waals surface area contributed by atoms with E-state index in [4.69, 9.17) is 5.11 Å². The standard InChI is InChI=1S/C16H22N2O3S/c1-2-3-10-18(11-12-19)22(20,21)13-15-7-4-6-14-8-5-9-17-16(14)15/h4-9,19H,2-3,10-13H2,1H3. The monoisotopic (exact) mass is 322 g/mol. The lowest BCUT2D eigenvalue weighted by atomic mass is 10.1. The van der Waals surface area contributed by atoms with E-state index in [0.717, 1.165) is 18.2 Å². The number of para-hydroxylation sites is 1. The maximum atomic E-state index is 12.6. The summed E-state index contributed by atoms with van der Waals surface area (Å²) in [6.07, 6.45) is 3.36. The Hall–Kier alpha value is -1.50. The molecule has 0 aliphatic carbocycles. The number of benzene rings is 1. The summed E-state index contributed by atoms with van der Waals surface area (Å²) in [7, 11) is -3.47. The number of fused-ring (bicyclic) bond motifs is 1. The first-order chi connectivity index (χ1) is 10.6. The van der Waals surface area contributed by atoms with Crippen molar-refractivity contribution in [2.24, 2.45) is 0 Å².